The summed E-state index contributed by atoms with van der Waals surface area (Å²) in [5, 5.41) is 10.1. The van der Waals surface area contributed by atoms with E-state index < -0.39 is 18.5 Å². The first-order chi connectivity index (χ1) is 8.82. The zero-order valence-electron chi connectivity index (χ0n) is 14.1. The van der Waals surface area contributed by atoms with E-state index in [4.69, 9.17) is 0 Å². The minimum atomic E-state index is -3.28. The van der Waals surface area contributed by atoms with Gasteiger partial charge in [0.05, 0.1) is 0 Å². The summed E-state index contributed by atoms with van der Waals surface area (Å²) in [6, 6.07) is 5.43. The predicted molar refractivity (Wildman–Crippen MR) is 88.1 cm³/mol. The first kappa shape index (κ1) is 17.2. The van der Waals surface area contributed by atoms with E-state index in [1.54, 1.807) is 6.07 Å². The van der Waals surface area contributed by atoms with Crippen LogP contribution in [0.3, 0.4) is 0 Å². The molecule has 0 fully saturated rings. The summed E-state index contributed by atoms with van der Waals surface area (Å²) in [6.45, 7) is 15.9. The van der Waals surface area contributed by atoms with Gasteiger partial charge in [-0.3, -0.25) is 0 Å². The molecule has 1 N–H and O–H groups in total. The topological polar surface area (TPSA) is 20.2 Å². The Balaban J connectivity index is 3.50. The molecule has 0 atom stereocenters. The van der Waals surface area contributed by atoms with E-state index in [2.05, 4.69) is 0 Å². The molecule has 114 valence electrons. The van der Waals surface area contributed by atoms with Crippen LogP contribution in [0, 0.1) is 0 Å². The van der Waals surface area contributed by atoms with Gasteiger partial charge in [0.2, 0.25) is 0 Å². The monoisotopic (exact) mass is 296 g/mol. The van der Waals surface area contributed by atoms with Gasteiger partial charge >= 0.3 is 0 Å². The average Bonchev–Trinajstić information content (AvgIpc) is 2.24. The summed E-state index contributed by atoms with van der Waals surface area (Å²) in [5.41, 5.74) is 0.882. The van der Waals surface area contributed by atoms with Gasteiger partial charge in [0.25, 0.3) is 8.41 Å². The lowest BCUT2D eigenvalue weighted by molar-refractivity contribution is 0.464. The van der Waals surface area contributed by atoms with Crippen molar-refractivity contribution in [3.8, 4) is 5.75 Å². The van der Waals surface area contributed by atoms with Gasteiger partial charge in [-0.05, 0) is 32.8 Å². The highest BCUT2D eigenvalue weighted by molar-refractivity contribution is 6.90. The number of halogens is 1. The van der Waals surface area contributed by atoms with Gasteiger partial charge in [-0.15, -0.1) is 0 Å². The number of rotatable bonds is 2. The lowest BCUT2D eigenvalue weighted by Gasteiger charge is -2.45. The zero-order valence-corrected chi connectivity index (χ0v) is 15.1. The Labute approximate surface area is 124 Å². The molecule has 0 aliphatic heterocycles. The second-order valence-electron chi connectivity index (χ2n) is 8.09. The van der Waals surface area contributed by atoms with Gasteiger partial charge in [-0.25, -0.2) is 0 Å². The van der Waals surface area contributed by atoms with Crippen molar-refractivity contribution >= 4 is 13.6 Å². The Bertz CT molecular complexity index is 467. The van der Waals surface area contributed by atoms with Crippen molar-refractivity contribution in [1.29, 1.82) is 0 Å². The minimum absolute atomic E-state index is 0.223. The van der Waals surface area contributed by atoms with Crippen LogP contribution in [0.25, 0.3) is 0 Å². The molecule has 0 unspecified atom stereocenters. The van der Waals surface area contributed by atoms with Gasteiger partial charge in [-0.1, -0.05) is 67.5 Å². The highest BCUT2D eigenvalue weighted by Crippen LogP contribution is 2.51. The Morgan fingerprint density at radius 2 is 1.45 bits per heavy atom. The van der Waals surface area contributed by atoms with E-state index in [9.17, 15) is 5.11 Å². The van der Waals surface area contributed by atoms with Crippen molar-refractivity contribution in [2.75, 3.05) is 0 Å². The van der Waals surface area contributed by atoms with Crippen molar-refractivity contribution in [3.63, 3.8) is 0 Å². The molecule has 0 heterocycles. The normalized spacial score (nSPS) is 13.9. The van der Waals surface area contributed by atoms with E-state index >= 15 is 4.11 Å². The van der Waals surface area contributed by atoms with Crippen LogP contribution in [0.1, 0.15) is 66.9 Å². The molecule has 0 spiro atoms. The Morgan fingerprint density at radius 1 is 1.00 bits per heavy atom. The Kier molecular flexibility index (Phi) is 4.45. The maximum absolute atomic E-state index is 16.1. The molecule has 1 aromatic carbocycles. The molecular formula is C17H29FOSi. The van der Waals surface area contributed by atoms with Gasteiger partial charge in [0.15, 0.2) is 0 Å². The van der Waals surface area contributed by atoms with Crippen LogP contribution in [-0.2, 0) is 0 Å². The molecule has 1 nitrogen and oxygen atoms in total. The van der Waals surface area contributed by atoms with Crippen molar-refractivity contribution < 1.29 is 9.21 Å². The molecule has 3 heteroatoms. The minimum Gasteiger partial charge on any atom is -0.508 e. The predicted octanol–water partition coefficient (Wildman–Crippen LogP) is 5.24. The number of aromatic hydroxyl groups is 1. The van der Waals surface area contributed by atoms with Crippen LogP contribution in [0.15, 0.2) is 18.2 Å². The Hall–Kier alpha value is -0.833. The summed E-state index contributed by atoms with van der Waals surface area (Å²) >= 11 is 0. The van der Waals surface area contributed by atoms with Crippen LogP contribution < -0.4 is 5.19 Å². The molecular weight excluding hydrogens is 267 g/mol. The molecule has 0 bridgehead atoms. The van der Waals surface area contributed by atoms with Crippen LogP contribution in [0.5, 0.6) is 5.75 Å². The number of phenols is 1. The first-order valence-electron chi connectivity index (χ1n) is 7.34. The first-order valence-corrected chi connectivity index (χ1v) is 9.22. The molecule has 0 amide bonds. The third kappa shape index (κ3) is 2.78. The molecule has 1 aromatic rings. The van der Waals surface area contributed by atoms with Crippen molar-refractivity contribution in [1.82, 2.24) is 0 Å². The largest absolute Gasteiger partial charge is 0.508 e. The van der Waals surface area contributed by atoms with E-state index in [0.717, 1.165) is 5.56 Å². The summed E-state index contributed by atoms with van der Waals surface area (Å²) in [6.07, 6.45) is 0. The van der Waals surface area contributed by atoms with Crippen LogP contribution in [-0.4, -0.2) is 13.5 Å². The van der Waals surface area contributed by atoms with E-state index in [0.29, 0.717) is 5.19 Å². The average molecular weight is 297 g/mol. The Morgan fingerprint density at radius 3 is 1.75 bits per heavy atom. The molecule has 0 aliphatic carbocycles. The van der Waals surface area contributed by atoms with Crippen LogP contribution in [0.2, 0.25) is 10.1 Å². The molecule has 0 radical (unpaired) electrons. The second kappa shape index (κ2) is 5.17. The smallest absolute Gasteiger partial charge is 0.288 e. The van der Waals surface area contributed by atoms with Crippen LogP contribution in [0.4, 0.5) is 4.11 Å². The zero-order chi connectivity index (χ0) is 15.9. The molecule has 1 rings (SSSR count). The maximum Gasteiger partial charge on any atom is 0.288 e. The fourth-order valence-electron chi connectivity index (χ4n) is 3.24. The third-order valence-corrected chi connectivity index (χ3v) is 9.36. The molecule has 0 saturated heterocycles. The van der Waals surface area contributed by atoms with Crippen molar-refractivity contribution in [2.45, 2.75) is 71.4 Å². The molecule has 0 aliphatic rings. The van der Waals surface area contributed by atoms with Gasteiger partial charge in [0.1, 0.15) is 5.75 Å². The highest BCUT2D eigenvalue weighted by Gasteiger charge is 2.56. The fourth-order valence-corrected chi connectivity index (χ4v) is 7.87. The molecule has 0 saturated carbocycles. The van der Waals surface area contributed by atoms with Gasteiger partial charge in [-0.2, -0.15) is 0 Å². The quantitative estimate of drug-likeness (QED) is 0.584. The summed E-state index contributed by atoms with van der Waals surface area (Å²) in [5.74, 6) is 0.463. The van der Waals surface area contributed by atoms with E-state index in [-0.39, 0.29) is 11.7 Å². The second-order valence-corrected chi connectivity index (χ2v) is 13.0. The van der Waals surface area contributed by atoms with Crippen molar-refractivity contribution in [3.05, 3.63) is 23.8 Å². The number of hydrogen-bond acceptors (Lipinski definition) is 1. The van der Waals surface area contributed by atoms with Gasteiger partial charge in [0, 0.05) is 0 Å². The summed E-state index contributed by atoms with van der Waals surface area (Å²) < 4.78 is 16.1. The summed E-state index contributed by atoms with van der Waals surface area (Å²) in [7, 11) is -3.28. The fraction of sp³-hybridized carbons (Fsp3) is 0.647. The SMILES string of the molecule is CC(C)c1ccc([Si](F)(C(C)(C)C)C(C)(C)C)cc1O. The lowest BCUT2D eigenvalue weighted by Crippen LogP contribution is -2.57. The van der Waals surface area contributed by atoms with E-state index in [1.807, 2.05) is 67.5 Å². The van der Waals surface area contributed by atoms with Crippen molar-refractivity contribution in [2.24, 2.45) is 0 Å². The molecule has 20 heavy (non-hydrogen) atoms. The maximum atomic E-state index is 16.1. The third-order valence-electron chi connectivity index (χ3n) is 4.12. The standard InChI is InChI=1S/C17H29FOSi/c1-12(2)14-10-9-13(11-15(14)19)20(18,16(3,4)5)17(6,7)8/h9-12,19H,1-8H3. The number of benzene rings is 1. The number of hydrogen-bond donors (Lipinski definition) is 1. The highest BCUT2D eigenvalue weighted by atomic mass is 28.4. The van der Waals surface area contributed by atoms with Crippen LogP contribution >= 0.6 is 0 Å². The lowest BCUT2D eigenvalue weighted by atomic mass is 10.0. The molecule has 0 aromatic heterocycles. The van der Waals surface area contributed by atoms with Gasteiger partial charge < -0.3 is 9.21 Å². The number of phenolic OH excluding ortho intramolecular Hbond substituents is 1. The summed E-state index contributed by atoms with van der Waals surface area (Å²) in [4.78, 5) is 0. The van der Waals surface area contributed by atoms with E-state index in [1.165, 1.54) is 0 Å².